The number of carbonyl (C=O) groups is 1. The predicted molar refractivity (Wildman–Crippen MR) is 169 cm³/mol. The predicted octanol–water partition coefficient (Wildman–Crippen LogP) is 6.55. The molecule has 230 valence electrons. The lowest BCUT2D eigenvalue weighted by atomic mass is 10.1. The van der Waals surface area contributed by atoms with Gasteiger partial charge < -0.3 is 29.3 Å². The van der Waals surface area contributed by atoms with E-state index in [0.717, 1.165) is 25.2 Å². The van der Waals surface area contributed by atoms with Gasteiger partial charge in [-0.25, -0.2) is 19.1 Å². The third-order valence-electron chi connectivity index (χ3n) is 7.73. The first kappa shape index (κ1) is 30.6. The molecule has 1 aliphatic rings. The van der Waals surface area contributed by atoms with Gasteiger partial charge in [-0.3, -0.25) is 0 Å². The highest BCUT2D eigenvalue weighted by molar-refractivity contribution is 5.97. The highest BCUT2D eigenvalue weighted by Gasteiger charge is 2.28. The van der Waals surface area contributed by atoms with Crippen molar-refractivity contribution in [2.75, 3.05) is 56.0 Å². The fourth-order valence-corrected chi connectivity index (χ4v) is 5.05. The number of anilines is 5. The highest BCUT2D eigenvalue weighted by Crippen LogP contribution is 2.37. The minimum absolute atomic E-state index is 0.171. The molecule has 10 nitrogen and oxygen atoms in total. The van der Waals surface area contributed by atoms with E-state index in [4.69, 9.17) is 14.2 Å². The van der Waals surface area contributed by atoms with Gasteiger partial charge in [0.2, 0.25) is 5.95 Å². The number of hydrogen-bond acceptors (Lipinski definition) is 9. The molecular weight excluding hydrogens is 563 g/mol. The number of benzene rings is 3. The normalized spacial score (nSPS) is 15.8. The first-order valence-electron chi connectivity index (χ1n) is 14.4. The number of ether oxygens (including phenoxy) is 3. The van der Waals surface area contributed by atoms with Crippen molar-refractivity contribution in [3.63, 3.8) is 0 Å². The molecular formula is C33H37FN6O4. The van der Waals surface area contributed by atoms with Crippen LogP contribution in [0.4, 0.5) is 38.0 Å². The van der Waals surface area contributed by atoms with Crippen LogP contribution in [0, 0.1) is 5.82 Å². The van der Waals surface area contributed by atoms with Gasteiger partial charge in [0.15, 0.2) is 0 Å². The number of aromatic nitrogens is 2. The molecule has 1 aromatic heterocycles. The number of rotatable bonds is 9. The average Bonchev–Trinajstić information content (AvgIpc) is 3.03. The fraction of sp³-hybridized carbons (Fsp3) is 0.303. The van der Waals surface area contributed by atoms with E-state index in [1.165, 1.54) is 24.3 Å². The number of amides is 1. The SMILES string of the molecule is COc1ccc(N(C(=O)OC(C)c2ccccc2)c2ccnc(Nc3ccc(N4CCN(C)C(C)C4)c(F)c3)n2)c(OC)c1. The zero-order chi connectivity index (χ0) is 31.2. The second-order valence-electron chi connectivity index (χ2n) is 10.6. The molecule has 1 saturated heterocycles. The Morgan fingerprint density at radius 2 is 1.84 bits per heavy atom. The van der Waals surface area contributed by atoms with Crippen molar-refractivity contribution in [2.45, 2.75) is 26.0 Å². The number of hydrogen-bond donors (Lipinski definition) is 1. The molecule has 5 rings (SSSR count). The summed E-state index contributed by atoms with van der Waals surface area (Å²) in [5, 5.41) is 3.07. The lowest BCUT2D eigenvalue weighted by molar-refractivity contribution is 0.116. The van der Waals surface area contributed by atoms with E-state index in [2.05, 4.69) is 39.1 Å². The lowest BCUT2D eigenvalue weighted by Crippen LogP contribution is -2.50. The Bertz CT molecular complexity index is 1590. The summed E-state index contributed by atoms with van der Waals surface area (Å²) in [5.41, 5.74) is 2.25. The summed E-state index contributed by atoms with van der Waals surface area (Å²) in [6.07, 6.45) is 0.295. The number of likely N-dealkylation sites (N-methyl/N-ethyl adjacent to an activating group) is 1. The Hall–Kier alpha value is -4.90. The van der Waals surface area contributed by atoms with Gasteiger partial charge in [-0.15, -0.1) is 0 Å². The van der Waals surface area contributed by atoms with Crippen LogP contribution in [0.5, 0.6) is 11.5 Å². The monoisotopic (exact) mass is 600 g/mol. The Balaban J connectivity index is 1.43. The molecule has 2 unspecified atom stereocenters. The van der Waals surface area contributed by atoms with Crippen LogP contribution < -0.4 is 24.6 Å². The minimum atomic E-state index is -0.675. The van der Waals surface area contributed by atoms with E-state index in [1.54, 1.807) is 50.4 Å². The van der Waals surface area contributed by atoms with E-state index in [1.807, 2.05) is 30.3 Å². The van der Waals surface area contributed by atoms with Crippen molar-refractivity contribution in [2.24, 2.45) is 0 Å². The largest absolute Gasteiger partial charge is 0.497 e. The third kappa shape index (κ3) is 6.84. The molecule has 44 heavy (non-hydrogen) atoms. The number of piperazine rings is 1. The van der Waals surface area contributed by atoms with Crippen molar-refractivity contribution in [3.8, 4) is 11.5 Å². The molecule has 2 heterocycles. The zero-order valence-electron chi connectivity index (χ0n) is 25.5. The average molecular weight is 601 g/mol. The zero-order valence-corrected chi connectivity index (χ0v) is 25.5. The molecule has 1 aliphatic heterocycles. The second-order valence-corrected chi connectivity index (χ2v) is 10.6. The summed E-state index contributed by atoms with van der Waals surface area (Å²) < 4.78 is 32.1. The molecule has 3 aromatic carbocycles. The molecule has 1 fully saturated rings. The van der Waals surface area contributed by atoms with Crippen molar-refractivity contribution in [1.82, 2.24) is 14.9 Å². The fourth-order valence-electron chi connectivity index (χ4n) is 5.05. The van der Waals surface area contributed by atoms with Gasteiger partial charge in [0.1, 0.15) is 29.2 Å². The maximum absolute atomic E-state index is 15.3. The summed E-state index contributed by atoms with van der Waals surface area (Å²) in [6.45, 7) is 6.29. The molecule has 0 aliphatic carbocycles. The third-order valence-corrected chi connectivity index (χ3v) is 7.73. The van der Waals surface area contributed by atoms with Gasteiger partial charge >= 0.3 is 6.09 Å². The molecule has 4 aromatic rings. The summed E-state index contributed by atoms with van der Waals surface area (Å²) in [7, 11) is 5.13. The van der Waals surface area contributed by atoms with Crippen molar-refractivity contribution >= 4 is 34.9 Å². The Morgan fingerprint density at radius 3 is 2.55 bits per heavy atom. The topological polar surface area (TPSA) is 92.3 Å². The minimum Gasteiger partial charge on any atom is -0.497 e. The van der Waals surface area contributed by atoms with Gasteiger partial charge in [0.25, 0.3) is 0 Å². The number of halogens is 1. The molecule has 11 heteroatoms. The summed E-state index contributed by atoms with van der Waals surface area (Å²) in [5.74, 6) is 0.978. The second kappa shape index (κ2) is 13.6. The van der Waals surface area contributed by atoms with Gasteiger partial charge in [-0.2, -0.15) is 4.98 Å². The number of nitrogens with zero attached hydrogens (tertiary/aromatic N) is 5. The highest BCUT2D eigenvalue weighted by atomic mass is 19.1. The quantitative estimate of drug-likeness (QED) is 0.230. The van der Waals surface area contributed by atoms with E-state index < -0.39 is 12.2 Å². The number of nitrogens with one attached hydrogen (secondary N) is 1. The summed E-state index contributed by atoms with van der Waals surface area (Å²) in [6, 6.07) is 21.4. The molecule has 0 spiro atoms. The Kier molecular flexibility index (Phi) is 9.44. The van der Waals surface area contributed by atoms with Crippen molar-refractivity contribution < 1.29 is 23.4 Å². The molecule has 2 atom stereocenters. The maximum atomic E-state index is 15.3. The first-order chi connectivity index (χ1) is 21.3. The molecule has 0 saturated carbocycles. The van der Waals surface area contributed by atoms with Crippen molar-refractivity contribution in [3.05, 3.63) is 90.4 Å². The van der Waals surface area contributed by atoms with Gasteiger partial charge in [0, 0.05) is 49.7 Å². The van der Waals surface area contributed by atoms with Gasteiger partial charge in [-0.1, -0.05) is 30.3 Å². The summed E-state index contributed by atoms with van der Waals surface area (Å²) in [4.78, 5) is 28.3. The standard InChI is InChI=1S/C33H37FN6O4/c1-22-21-39(18-17-38(22)3)28-13-11-25(19-27(28)34)36-32-35-16-15-31(37-32)40(29-14-12-26(42-4)20-30(29)43-5)33(41)44-23(2)24-9-7-6-8-10-24/h6-16,19-20,22-23H,17-18,21H2,1-5H3,(H,35,36,37). The van der Waals surface area contributed by atoms with Crippen LogP contribution in [0.1, 0.15) is 25.5 Å². The number of methoxy groups -OCH3 is 2. The Labute approximate surface area is 257 Å². The molecule has 0 radical (unpaired) electrons. The van der Waals surface area contributed by atoms with Crippen LogP contribution in [0.3, 0.4) is 0 Å². The first-order valence-corrected chi connectivity index (χ1v) is 14.4. The van der Waals surface area contributed by atoms with E-state index >= 15 is 4.39 Å². The van der Waals surface area contributed by atoms with Crippen LogP contribution >= 0.6 is 0 Å². The van der Waals surface area contributed by atoms with Gasteiger partial charge in [-0.05, 0) is 56.8 Å². The maximum Gasteiger partial charge on any atom is 0.420 e. The van der Waals surface area contributed by atoms with E-state index in [0.29, 0.717) is 34.6 Å². The van der Waals surface area contributed by atoms with Crippen LogP contribution in [0.2, 0.25) is 0 Å². The van der Waals surface area contributed by atoms with Crippen LogP contribution in [-0.2, 0) is 4.74 Å². The van der Waals surface area contributed by atoms with Crippen LogP contribution in [0.15, 0.2) is 79.0 Å². The van der Waals surface area contributed by atoms with E-state index in [-0.39, 0.29) is 17.6 Å². The van der Waals surface area contributed by atoms with Crippen LogP contribution in [0.25, 0.3) is 0 Å². The van der Waals surface area contributed by atoms with Crippen molar-refractivity contribution in [1.29, 1.82) is 0 Å². The molecule has 0 bridgehead atoms. The molecule has 1 N–H and O–H groups in total. The smallest absolute Gasteiger partial charge is 0.420 e. The summed E-state index contributed by atoms with van der Waals surface area (Å²) >= 11 is 0. The van der Waals surface area contributed by atoms with E-state index in [9.17, 15) is 4.79 Å². The van der Waals surface area contributed by atoms with Crippen LogP contribution in [-0.4, -0.2) is 67.9 Å². The number of carbonyl (C=O) groups excluding carboxylic acids is 1. The Morgan fingerprint density at radius 1 is 1.05 bits per heavy atom. The lowest BCUT2D eigenvalue weighted by Gasteiger charge is -2.39. The van der Waals surface area contributed by atoms with Gasteiger partial charge in [0.05, 0.1) is 25.6 Å². The molecule has 1 amide bonds.